The number of aryl methyl sites for hydroxylation is 1. The molecule has 0 unspecified atom stereocenters. The highest BCUT2D eigenvalue weighted by Crippen LogP contribution is 2.38. The van der Waals surface area contributed by atoms with Crippen LogP contribution in [-0.2, 0) is 10.0 Å². The number of rotatable bonds is 5. The van der Waals surface area contributed by atoms with E-state index in [1.165, 1.54) is 18.3 Å². The summed E-state index contributed by atoms with van der Waals surface area (Å²) in [5.41, 5.74) is 8.40. The Bertz CT molecular complexity index is 1350. The zero-order valence-electron chi connectivity index (χ0n) is 19.7. The maximum Gasteiger partial charge on any atom is 0.268 e. The van der Waals surface area contributed by atoms with Gasteiger partial charge in [-0.2, -0.15) is 0 Å². The van der Waals surface area contributed by atoms with Crippen molar-refractivity contribution in [2.24, 2.45) is 5.92 Å². The van der Waals surface area contributed by atoms with E-state index < -0.39 is 15.9 Å². The van der Waals surface area contributed by atoms with Gasteiger partial charge in [0.15, 0.2) is 0 Å². The van der Waals surface area contributed by atoms with Crippen molar-refractivity contribution in [2.45, 2.75) is 44.6 Å². The topological polar surface area (TPSA) is 118 Å². The van der Waals surface area contributed by atoms with Gasteiger partial charge in [0.25, 0.3) is 15.9 Å². The molecule has 9 heteroatoms. The van der Waals surface area contributed by atoms with E-state index >= 15 is 0 Å². The summed E-state index contributed by atoms with van der Waals surface area (Å²) in [7, 11) is -4.22. The summed E-state index contributed by atoms with van der Waals surface area (Å²) >= 11 is 0. The summed E-state index contributed by atoms with van der Waals surface area (Å²) in [6.07, 6.45) is 2.31. The number of aromatic nitrogens is 2. The molecule has 0 radical (unpaired) electrons. The van der Waals surface area contributed by atoms with E-state index in [2.05, 4.69) is 35.4 Å². The highest BCUT2D eigenvalue weighted by atomic mass is 32.2. The van der Waals surface area contributed by atoms with Crippen LogP contribution in [-0.4, -0.2) is 36.4 Å². The molecule has 2 aromatic heterocycles. The number of carbonyl (C=O) groups excluding carboxylic acids is 1. The second-order valence-electron chi connectivity index (χ2n) is 9.49. The van der Waals surface area contributed by atoms with Crippen molar-refractivity contribution in [1.29, 1.82) is 0 Å². The van der Waals surface area contributed by atoms with Crippen LogP contribution >= 0.6 is 0 Å². The Morgan fingerprint density at radius 1 is 1.18 bits per heavy atom. The molecule has 0 aliphatic carbocycles. The lowest BCUT2D eigenvalue weighted by molar-refractivity contribution is 0.0981. The van der Waals surface area contributed by atoms with Crippen LogP contribution in [0.2, 0.25) is 0 Å². The Morgan fingerprint density at radius 2 is 1.94 bits per heavy atom. The van der Waals surface area contributed by atoms with E-state index in [4.69, 9.17) is 10.7 Å². The highest BCUT2D eigenvalue weighted by Gasteiger charge is 2.39. The molecule has 0 saturated carbocycles. The molecule has 0 bridgehead atoms. The number of benzene rings is 1. The van der Waals surface area contributed by atoms with Gasteiger partial charge in [0.1, 0.15) is 16.5 Å². The number of nitrogens with two attached hydrogens (primary N) is 1. The number of nitrogens with one attached hydrogen (secondary N) is 1. The van der Waals surface area contributed by atoms with Crippen molar-refractivity contribution in [3.8, 4) is 11.3 Å². The summed E-state index contributed by atoms with van der Waals surface area (Å²) < 4.78 is 27.9. The predicted octanol–water partition coefficient (Wildman–Crippen LogP) is 3.78. The molecule has 34 heavy (non-hydrogen) atoms. The Morgan fingerprint density at radius 3 is 2.59 bits per heavy atom. The predicted molar refractivity (Wildman–Crippen MR) is 133 cm³/mol. The molecule has 1 saturated heterocycles. The first-order valence-corrected chi connectivity index (χ1v) is 12.6. The smallest absolute Gasteiger partial charge is 0.268 e. The number of pyridine rings is 2. The first-order valence-electron chi connectivity index (χ1n) is 11.1. The lowest BCUT2D eigenvalue weighted by Gasteiger charge is -2.34. The van der Waals surface area contributed by atoms with E-state index in [0.717, 1.165) is 17.5 Å². The Balaban J connectivity index is 1.79. The van der Waals surface area contributed by atoms with E-state index in [1.807, 2.05) is 31.2 Å². The SMILES string of the molecule is Cc1cccc(-c2ccc(C(=O)NS(=O)(=O)c3cccnc3N)c(N3C[C@@H](C)CC3(C)C)n2)c1. The zero-order chi connectivity index (χ0) is 24.7. The minimum absolute atomic E-state index is 0.176. The number of nitrogen functional groups attached to an aromatic ring is 1. The van der Waals surface area contributed by atoms with Crippen molar-refractivity contribution in [3.05, 3.63) is 65.9 Å². The van der Waals surface area contributed by atoms with Crippen molar-refractivity contribution >= 4 is 27.6 Å². The number of hydrogen-bond donors (Lipinski definition) is 2. The van der Waals surface area contributed by atoms with Crippen LogP contribution in [0.1, 0.15) is 43.1 Å². The van der Waals surface area contributed by atoms with Gasteiger partial charge in [-0.25, -0.2) is 23.1 Å². The van der Waals surface area contributed by atoms with E-state index in [0.29, 0.717) is 24.0 Å². The molecule has 1 amide bonds. The average molecular weight is 480 g/mol. The van der Waals surface area contributed by atoms with Gasteiger partial charge in [0.2, 0.25) is 0 Å². The minimum atomic E-state index is -4.22. The van der Waals surface area contributed by atoms with E-state index in [1.54, 1.807) is 12.1 Å². The molecule has 4 rings (SSSR count). The van der Waals surface area contributed by atoms with Gasteiger partial charge in [0, 0.05) is 23.8 Å². The average Bonchev–Trinajstić information content (AvgIpc) is 3.04. The molecule has 1 atom stereocenters. The molecule has 3 heterocycles. The summed E-state index contributed by atoms with van der Waals surface area (Å²) in [6.45, 7) is 9.08. The first kappa shape index (κ1) is 23.7. The minimum Gasteiger partial charge on any atom is -0.383 e. The largest absolute Gasteiger partial charge is 0.383 e. The summed E-state index contributed by atoms with van der Waals surface area (Å²) in [5, 5.41) is 0. The quantitative estimate of drug-likeness (QED) is 0.572. The Labute approximate surface area is 200 Å². The van der Waals surface area contributed by atoms with Crippen molar-refractivity contribution in [3.63, 3.8) is 0 Å². The van der Waals surface area contributed by atoms with Gasteiger partial charge >= 0.3 is 0 Å². The molecule has 1 aromatic carbocycles. The standard InChI is InChI=1S/C25H29N5O3S/c1-16-7-5-8-18(13-16)20-11-10-19(23(28-20)30-15-17(2)14-25(30,3)4)24(31)29-34(32,33)21-9-6-12-27-22(21)26/h5-13,17H,14-15H2,1-4H3,(H2,26,27)(H,29,31)/t17-/m0/s1. The third-order valence-corrected chi connectivity index (χ3v) is 7.46. The monoisotopic (exact) mass is 479 g/mol. The van der Waals surface area contributed by atoms with Crippen LogP contribution in [0.4, 0.5) is 11.6 Å². The fourth-order valence-electron chi connectivity index (χ4n) is 4.62. The molecule has 3 aromatic rings. The lowest BCUT2D eigenvalue weighted by Crippen LogP contribution is -2.41. The molecule has 8 nitrogen and oxygen atoms in total. The van der Waals surface area contributed by atoms with Gasteiger partial charge in [-0.05, 0) is 63.4 Å². The Kier molecular flexibility index (Phi) is 6.07. The number of nitrogens with zero attached hydrogens (tertiary/aromatic N) is 3. The van der Waals surface area contributed by atoms with Crippen molar-refractivity contribution < 1.29 is 13.2 Å². The van der Waals surface area contributed by atoms with Crippen LogP contribution < -0.4 is 15.4 Å². The van der Waals surface area contributed by atoms with Crippen LogP contribution in [0, 0.1) is 12.8 Å². The van der Waals surface area contributed by atoms with Gasteiger partial charge < -0.3 is 10.6 Å². The lowest BCUT2D eigenvalue weighted by atomic mass is 9.97. The van der Waals surface area contributed by atoms with Gasteiger partial charge in [-0.15, -0.1) is 0 Å². The van der Waals surface area contributed by atoms with Crippen molar-refractivity contribution in [1.82, 2.24) is 14.7 Å². The fraction of sp³-hybridized carbons (Fsp3) is 0.320. The fourth-order valence-corrected chi connectivity index (χ4v) is 5.67. The maximum atomic E-state index is 13.3. The molecular weight excluding hydrogens is 450 g/mol. The van der Waals surface area contributed by atoms with Crippen molar-refractivity contribution in [2.75, 3.05) is 17.2 Å². The molecule has 1 aliphatic heterocycles. The maximum absolute atomic E-state index is 13.3. The third kappa shape index (κ3) is 4.61. The van der Waals surface area contributed by atoms with Gasteiger partial charge in [-0.1, -0.05) is 30.7 Å². The summed E-state index contributed by atoms with van der Waals surface area (Å²) in [6, 6.07) is 14.1. The second kappa shape index (κ2) is 8.72. The molecule has 1 aliphatic rings. The molecule has 178 valence electrons. The summed E-state index contributed by atoms with van der Waals surface area (Å²) in [5.74, 6) is -0.0863. The summed E-state index contributed by atoms with van der Waals surface area (Å²) in [4.78, 5) is 23.8. The number of amides is 1. The molecule has 1 fully saturated rings. The molecular formula is C25H29N5O3S. The van der Waals surface area contributed by atoms with Gasteiger partial charge in [0.05, 0.1) is 11.3 Å². The van der Waals surface area contributed by atoms with Crippen LogP contribution in [0.5, 0.6) is 0 Å². The molecule has 3 N–H and O–H groups in total. The third-order valence-electron chi connectivity index (χ3n) is 6.08. The number of anilines is 2. The van der Waals surface area contributed by atoms with Crippen LogP contribution in [0.25, 0.3) is 11.3 Å². The number of hydrogen-bond acceptors (Lipinski definition) is 7. The normalized spacial score (nSPS) is 17.5. The number of carbonyl (C=O) groups is 1. The van der Waals surface area contributed by atoms with E-state index in [-0.39, 0.29) is 21.8 Å². The number of sulfonamides is 1. The van der Waals surface area contributed by atoms with Crippen LogP contribution in [0.15, 0.2) is 59.6 Å². The highest BCUT2D eigenvalue weighted by molar-refractivity contribution is 7.90. The Hall–Kier alpha value is -3.46. The first-order chi connectivity index (χ1) is 16.0. The molecule has 0 spiro atoms. The zero-order valence-corrected chi connectivity index (χ0v) is 20.6. The van der Waals surface area contributed by atoms with E-state index in [9.17, 15) is 13.2 Å². The second-order valence-corrected chi connectivity index (χ2v) is 11.1. The van der Waals surface area contributed by atoms with Gasteiger partial charge in [-0.3, -0.25) is 4.79 Å². The van der Waals surface area contributed by atoms with Crippen LogP contribution in [0.3, 0.4) is 0 Å².